The number of hydrogen-bond acceptors (Lipinski definition) is 9. The molecule has 3 N–H and O–H groups in total. The molecular weight excluding hydrogens is 384 g/mol. The Balaban J connectivity index is 2.23. The number of H-pyrrole nitrogens is 1. The van der Waals surface area contributed by atoms with Crippen LogP contribution in [0.3, 0.4) is 0 Å². The minimum Gasteiger partial charge on any atom is -0.454 e. The number of nitrogens with two attached hydrogens (primary N) is 1. The third-order valence-electron chi connectivity index (χ3n) is 4.01. The van der Waals surface area contributed by atoms with Crippen LogP contribution in [0.25, 0.3) is 0 Å². The predicted molar refractivity (Wildman–Crippen MR) is 102 cm³/mol. The molecular formula is C16H24N8O5. The van der Waals surface area contributed by atoms with Gasteiger partial charge < -0.3 is 15.4 Å². The maximum absolute atomic E-state index is 12.7. The van der Waals surface area contributed by atoms with E-state index in [9.17, 15) is 19.2 Å². The number of nitrogens with one attached hydrogen (secondary N) is 1. The van der Waals surface area contributed by atoms with Gasteiger partial charge in [-0.05, 0) is 23.3 Å². The molecule has 2 rings (SSSR count). The number of nitrogen functional groups attached to an aromatic ring is 1. The van der Waals surface area contributed by atoms with Gasteiger partial charge in [0.15, 0.2) is 12.3 Å². The monoisotopic (exact) mass is 408 g/mol. The van der Waals surface area contributed by atoms with Crippen LogP contribution in [0.4, 0.5) is 11.5 Å². The highest BCUT2D eigenvalue weighted by Gasteiger charge is 2.24. The summed E-state index contributed by atoms with van der Waals surface area (Å²) in [6.45, 7) is 3.36. The van der Waals surface area contributed by atoms with Gasteiger partial charge in [0.05, 0.1) is 0 Å². The molecule has 0 aromatic carbocycles. The minimum absolute atomic E-state index is 0.106. The average Bonchev–Trinajstić information content (AvgIpc) is 3.18. The van der Waals surface area contributed by atoms with E-state index in [2.05, 4.69) is 20.5 Å². The van der Waals surface area contributed by atoms with Crippen molar-refractivity contribution in [1.29, 1.82) is 0 Å². The summed E-state index contributed by atoms with van der Waals surface area (Å²) in [7, 11) is 0. The highest BCUT2D eigenvalue weighted by atomic mass is 16.5. The van der Waals surface area contributed by atoms with Gasteiger partial charge in [-0.25, -0.2) is 9.48 Å². The lowest BCUT2D eigenvalue weighted by Crippen LogP contribution is -2.43. The zero-order chi connectivity index (χ0) is 21.4. The van der Waals surface area contributed by atoms with Crippen molar-refractivity contribution >= 4 is 23.4 Å². The number of carbonyl (C=O) groups excluding carboxylic acids is 2. The number of ether oxygens (including phenoxy) is 1. The smallest absolute Gasteiger partial charge is 0.330 e. The molecule has 1 amide bonds. The first-order valence-corrected chi connectivity index (χ1v) is 9.18. The quantitative estimate of drug-likeness (QED) is 0.462. The van der Waals surface area contributed by atoms with Gasteiger partial charge in [-0.1, -0.05) is 20.3 Å². The van der Waals surface area contributed by atoms with Gasteiger partial charge in [0, 0.05) is 13.1 Å². The highest BCUT2D eigenvalue weighted by molar-refractivity contribution is 5.97. The minimum atomic E-state index is -0.774. The maximum Gasteiger partial charge on any atom is 0.330 e. The molecule has 2 heterocycles. The van der Waals surface area contributed by atoms with Gasteiger partial charge in [-0.3, -0.25) is 23.9 Å². The molecule has 13 heteroatoms. The number of aromatic nitrogens is 6. The molecule has 2 aromatic rings. The fraction of sp³-hybridized carbons (Fsp3) is 0.562. The predicted octanol–water partition coefficient (Wildman–Crippen LogP) is -1.11. The summed E-state index contributed by atoms with van der Waals surface area (Å²) in [5, 5.41) is 10.3. The van der Waals surface area contributed by atoms with Gasteiger partial charge in [0.25, 0.3) is 11.5 Å². The number of unbranched alkanes of at least 4 members (excludes halogenated alkanes) is 1. The van der Waals surface area contributed by atoms with Crippen molar-refractivity contribution in [3.63, 3.8) is 0 Å². The molecule has 0 bridgehead atoms. The van der Waals surface area contributed by atoms with E-state index >= 15 is 0 Å². The van der Waals surface area contributed by atoms with Crippen molar-refractivity contribution in [1.82, 2.24) is 29.8 Å². The first-order chi connectivity index (χ1) is 13.9. The van der Waals surface area contributed by atoms with Crippen LogP contribution < -0.4 is 21.9 Å². The normalized spacial score (nSPS) is 10.7. The second kappa shape index (κ2) is 10.1. The maximum atomic E-state index is 12.7. The Hall–Kier alpha value is -3.51. The first-order valence-electron chi connectivity index (χ1n) is 9.18. The fourth-order valence-corrected chi connectivity index (χ4v) is 2.61. The molecule has 158 valence electrons. The van der Waals surface area contributed by atoms with Crippen LogP contribution in [0.15, 0.2) is 15.9 Å². The Bertz CT molecular complexity index is 949. The summed E-state index contributed by atoms with van der Waals surface area (Å²) < 4.78 is 7.32. The standard InChI is InChI=1S/C16H24N8O5/c1-3-5-7-23(11(25)9-29-12(26)8-22-10-18-20-21-22)13-14(17)24(6-4-2)16(28)19-15(13)27/h10H,3-9,17H2,1-2H3,(H,19,27,28). The number of rotatable bonds is 10. The summed E-state index contributed by atoms with van der Waals surface area (Å²) in [6, 6.07) is 0. The molecule has 0 atom stereocenters. The van der Waals surface area contributed by atoms with Gasteiger partial charge in [-0.15, -0.1) is 5.10 Å². The lowest BCUT2D eigenvalue weighted by Gasteiger charge is -2.24. The van der Waals surface area contributed by atoms with E-state index in [1.165, 1.54) is 10.9 Å². The summed E-state index contributed by atoms with van der Waals surface area (Å²) in [4.78, 5) is 52.3. The number of anilines is 2. The number of hydrogen-bond donors (Lipinski definition) is 2. The molecule has 0 fully saturated rings. The van der Waals surface area contributed by atoms with E-state index in [0.29, 0.717) is 12.8 Å². The first kappa shape index (κ1) is 21.8. The Labute approximate surface area is 165 Å². The van der Waals surface area contributed by atoms with E-state index in [-0.39, 0.29) is 31.1 Å². The zero-order valence-corrected chi connectivity index (χ0v) is 16.3. The van der Waals surface area contributed by atoms with E-state index in [4.69, 9.17) is 10.5 Å². The third-order valence-corrected chi connectivity index (χ3v) is 4.01. The second-order valence-electron chi connectivity index (χ2n) is 6.21. The van der Waals surface area contributed by atoms with Crippen LogP contribution in [-0.2, 0) is 27.4 Å². The third kappa shape index (κ3) is 5.49. The highest BCUT2D eigenvalue weighted by Crippen LogP contribution is 2.18. The van der Waals surface area contributed by atoms with Crippen molar-refractivity contribution in [2.24, 2.45) is 0 Å². The molecule has 0 spiro atoms. The number of esters is 1. The molecule has 0 unspecified atom stereocenters. The summed E-state index contributed by atoms with van der Waals surface area (Å²) in [6.07, 6.45) is 3.16. The largest absolute Gasteiger partial charge is 0.454 e. The Kier molecular flexibility index (Phi) is 7.62. The SMILES string of the molecule is CCCCN(C(=O)COC(=O)Cn1cnnn1)c1c(N)n(CCC)c(=O)[nH]c1=O. The molecule has 0 aliphatic heterocycles. The van der Waals surface area contributed by atoms with E-state index < -0.39 is 29.7 Å². The van der Waals surface area contributed by atoms with Gasteiger partial charge in [0.1, 0.15) is 18.7 Å². The van der Waals surface area contributed by atoms with Crippen LogP contribution in [-0.4, -0.2) is 54.8 Å². The lowest BCUT2D eigenvalue weighted by atomic mass is 10.2. The van der Waals surface area contributed by atoms with Gasteiger partial charge >= 0.3 is 11.7 Å². The van der Waals surface area contributed by atoms with Crippen LogP contribution in [0.1, 0.15) is 33.1 Å². The molecule has 2 aromatic heterocycles. The Morgan fingerprint density at radius 2 is 2.03 bits per heavy atom. The van der Waals surface area contributed by atoms with Crippen LogP contribution in [0, 0.1) is 0 Å². The second-order valence-corrected chi connectivity index (χ2v) is 6.21. The van der Waals surface area contributed by atoms with Crippen LogP contribution in [0.5, 0.6) is 0 Å². The molecule has 13 nitrogen and oxygen atoms in total. The number of carbonyl (C=O) groups is 2. The lowest BCUT2D eigenvalue weighted by molar-refractivity contribution is -0.148. The number of aromatic amines is 1. The van der Waals surface area contributed by atoms with E-state index in [1.54, 1.807) is 0 Å². The molecule has 0 aliphatic rings. The summed E-state index contributed by atoms with van der Waals surface area (Å²) in [5.74, 6) is -1.47. The Morgan fingerprint density at radius 1 is 1.28 bits per heavy atom. The van der Waals surface area contributed by atoms with Crippen molar-refractivity contribution in [2.75, 3.05) is 23.8 Å². The van der Waals surface area contributed by atoms with Crippen molar-refractivity contribution in [3.05, 3.63) is 27.2 Å². The van der Waals surface area contributed by atoms with Crippen LogP contribution >= 0.6 is 0 Å². The molecule has 29 heavy (non-hydrogen) atoms. The van der Waals surface area contributed by atoms with E-state index in [0.717, 1.165) is 16.0 Å². The molecule has 0 saturated heterocycles. The Morgan fingerprint density at radius 3 is 2.66 bits per heavy atom. The van der Waals surface area contributed by atoms with Crippen LogP contribution in [0.2, 0.25) is 0 Å². The van der Waals surface area contributed by atoms with E-state index in [1.807, 2.05) is 13.8 Å². The van der Waals surface area contributed by atoms with Crippen molar-refractivity contribution in [2.45, 2.75) is 46.2 Å². The summed E-state index contributed by atoms with van der Waals surface area (Å²) in [5.41, 5.74) is 4.49. The molecule has 0 saturated carbocycles. The van der Waals surface area contributed by atoms with Gasteiger partial charge in [-0.2, -0.15) is 0 Å². The molecule has 0 radical (unpaired) electrons. The van der Waals surface area contributed by atoms with Crippen molar-refractivity contribution < 1.29 is 14.3 Å². The van der Waals surface area contributed by atoms with Crippen molar-refractivity contribution in [3.8, 4) is 0 Å². The molecule has 0 aliphatic carbocycles. The number of amides is 1. The summed E-state index contributed by atoms with van der Waals surface area (Å²) >= 11 is 0. The van der Waals surface area contributed by atoms with Gasteiger partial charge in [0.2, 0.25) is 0 Å². The number of tetrazole rings is 1. The fourth-order valence-electron chi connectivity index (χ4n) is 2.61. The zero-order valence-electron chi connectivity index (χ0n) is 16.3. The topological polar surface area (TPSA) is 171 Å². The number of nitrogens with zero attached hydrogens (tertiary/aromatic N) is 6. The average molecular weight is 408 g/mol.